The number of benzene rings is 1. The van der Waals surface area contributed by atoms with Crippen LogP contribution in [0.2, 0.25) is 0 Å². The van der Waals surface area contributed by atoms with Gasteiger partial charge in [-0.25, -0.2) is 4.79 Å². The number of aryl methyl sites for hydroxylation is 3. The van der Waals surface area contributed by atoms with Crippen molar-refractivity contribution in [3.05, 3.63) is 53.0 Å². The average molecular weight is 313 g/mol. The number of rotatable bonds is 3. The molecule has 0 bridgehead atoms. The van der Waals surface area contributed by atoms with E-state index in [-0.39, 0.29) is 12.5 Å². The molecule has 0 aliphatic carbocycles. The molecule has 0 unspecified atom stereocenters. The van der Waals surface area contributed by atoms with E-state index in [4.69, 9.17) is 9.15 Å². The molecule has 0 saturated carbocycles. The summed E-state index contributed by atoms with van der Waals surface area (Å²) in [6.07, 6.45) is 1.88. The van der Waals surface area contributed by atoms with Crippen LogP contribution in [0.1, 0.15) is 33.9 Å². The van der Waals surface area contributed by atoms with Crippen molar-refractivity contribution in [1.82, 2.24) is 0 Å². The summed E-state index contributed by atoms with van der Waals surface area (Å²) in [5.41, 5.74) is 2.43. The Morgan fingerprint density at radius 2 is 2.04 bits per heavy atom. The molecule has 0 atom stereocenters. The number of para-hydroxylation sites is 1. The number of ether oxygens (including phenoxy) is 1. The number of hydrogen-bond donors (Lipinski definition) is 0. The van der Waals surface area contributed by atoms with Gasteiger partial charge >= 0.3 is 5.97 Å². The quantitative estimate of drug-likeness (QED) is 0.817. The Kier molecular flexibility index (Phi) is 4.19. The molecule has 2 aromatic rings. The van der Waals surface area contributed by atoms with Crippen molar-refractivity contribution in [2.75, 3.05) is 18.1 Å². The molecule has 0 fully saturated rings. The molecule has 1 amide bonds. The molecule has 0 spiro atoms. The Bertz CT molecular complexity index is 747. The van der Waals surface area contributed by atoms with Crippen LogP contribution in [0.3, 0.4) is 0 Å². The molecule has 0 saturated heterocycles. The maximum Gasteiger partial charge on any atom is 0.342 e. The highest BCUT2D eigenvalue weighted by atomic mass is 16.5. The van der Waals surface area contributed by atoms with Gasteiger partial charge in [-0.3, -0.25) is 4.79 Å². The van der Waals surface area contributed by atoms with Crippen LogP contribution in [0.4, 0.5) is 5.69 Å². The number of nitrogens with zero attached hydrogens (tertiary/aromatic N) is 1. The maximum atomic E-state index is 12.4. The Morgan fingerprint density at radius 3 is 2.78 bits per heavy atom. The Morgan fingerprint density at radius 1 is 1.26 bits per heavy atom. The third-order valence-electron chi connectivity index (χ3n) is 4.00. The zero-order chi connectivity index (χ0) is 16.4. The van der Waals surface area contributed by atoms with E-state index in [2.05, 4.69) is 0 Å². The van der Waals surface area contributed by atoms with Gasteiger partial charge in [0.2, 0.25) is 0 Å². The zero-order valence-electron chi connectivity index (χ0n) is 13.3. The van der Waals surface area contributed by atoms with Crippen LogP contribution >= 0.6 is 0 Å². The summed E-state index contributed by atoms with van der Waals surface area (Å²) in [5.74, 6) is 0.412. The molecule has 0 radical (unpaired) electrons. The van der Waals surface area contributed by atoms with Gasteiger partial charge in [-0.05, 0) is 44.4 Å². The highest BCUT2D eigenvalue weighted by Crippen LogP contribution is 2.26. The minimum absolute atomic E-state index is 0.205. The minimum atomic E-state index is -0.530. The highest BCUT2D eigenvalue weighted by molar-refractivity contribution is 5.98. The van der Waals surface area contributed by atoms with Crippen molar-refractivity contribution >= 4 is 17.6 Å². The summed E-state index contributed by atoms with van der Waals surface area (Å²) in [7, 11) is 0. The topological polar surface area (TPSA) is 59.8 Å². The average Bonchev–Trinajstić information content (AvgIpc) is 2.90. The standard InChI is InChI=1S/C18H19NO4/c1-12-10-15(13(2)23-12)18(21)22-11-17(20)19-9-5-7-14-6-3-4-8-16(14)19/h3-4,6,8,10H,5,7,9,11H2,1-2H3. The summed E-state index contributed by atoms with van der Waals surface area (Å²) in [6, 6.07) is 9.46. The second-order valence-electron chi connectivity index (χ2n) is 5.68. The van der Waals surface area contributed by atoms with Crippen molar-refractivity contribution in [3.63, 3.8) is 0 Å². The molecule has 1 aromatic carbocycles. The van der Waals surface area contributed by atoms with E-state index >= 15 is 0 Å². The van der Waals surface area contributed by atoms with Gasteiger partial charge in [-0.15, -0.1) is 0 Å². The van der Waals surface area contributed by atoms with Gasteiger partial charge in [0.15, 0.2) is 6.61 Å². The van der Waals surface area contributed by atoms with Crippen LogP contribution in [0.15, 0.2) is 34.7 Å². The first-order chi connectivity index (χ1) is 11.1. The molecular formula is C18H19NO4. The van der Waals surface area contributed by atoms with E-state index < -0.39 is 5.97 Å². The zero-order valence-corrected chi connectivity index (χ0v) is 13.3. The predicted octanol–water partition coefficient (Wildman–Crippen LogP) is 3.03. The summed E-state index contributed by atoms with van der Waals surface area (Å²) in [5, 5.41) is 0. The smallest absolute Gasteiger partial charge is 0.342 e. The Hall–Kier alpha value is -2.56. The minimum Gasteiger partial charge on any atom is -0.466 e. The van der Waals surface area contributed by atoms with Gasteiger partial charge in [-0.2, -0.15) is 0 Å². The largest absolute Gasteiger partial charge is 0.466 e. The molecule has 5 nitrogen and oxygen atoms in total. The second kappa shape index (κ2) is 6.28. The van der Waals surface area contributed by atoms with Gasteiger partial charge in [0, 0.05) is 12.2 Å². The van der Waals surface area contributed by atoms with Crippen LogP contribution in [0, 0.1) is 13.8 Å². The number of furan rings is 1. The van der Waals surface area contributed by atoms with Gasteiger partial charge in [0.05, 0.1) is 0 Å². The molecule has 5 heteroatoms. The molecule has 3 rings (SSSR count). The highest BCUT2D eigenvalue weighted by Gasteiger charge is 2.24. The van der Waals surface area contributed by atoms with Crippen LogP contribution in [-0.2, 0) is 16.0 Å². The fraction of sp³-hybridized carbons (Fsp3) is 0.333. The first-order valence-corrected chi connectivity index (χ1v) is 7.68. The van der Waals surface area contributed by atoms with E-state index in [1.54, 1.807) is 24.8 Å². The first kappa shape index (κ1) is 15.3. The molecule has 1 aliphatic heterocycles. The number of anilines is 1. The first-order valence-electron chi connectivity index (χ1n) is 7.68. The number of carbonyl (C=O) groups is 2. The normalized spacial score (nSPS) is 13.6. The number of amides is 1. The molecule has 1 aromatic heterocycles. The van der Waals surface area contributed by atoms with Crippen molar-refractivity contribution in [1.29, 1.82) is 0 Å². The van der Waals surface area contributed by atoms with Gasteiger partial charge in [-0.1, -0.05) is 18.2 Å². The van der Waals surface area contributed by atoms with E-state index in [1.807, 2.05) is 24.3 Å². The fourth-order valence-electron chi connectivity index (χ4n) is 2.91. The molecule has 1 aliphatic rings. The summed E-state index contributed by atoms with van der Waals surface area (Å²) < 4.78 is 10.5. The van der Waals surface area contributed by atoms with Crippen LogP contribution in [0.25, 0.3) is 0 Å². The van der Waals surface area contributed by atoms with Crippen LogP contribution in [-0.4, -0.2) is 25.0 Å². The fourth-order valence-corrected chi connectivity index (χ4v) is 2.91. The van der Waals surface area contributed by atoms with Gasteiger partial charge in [0.25, 0.3) is 5.91 Å². The third-order valence-corrected chi connectivity index (χ3v) is 4.00. The van der Waals surface area contributed by atoms with E-state index in [0.29, 0.717) is 23.6 Å². The van der Waals surface area contributed by atoms with Crippen molar-refractivity contribution < 1.29 is 18.7 Å². The third kappa shape index (κ3) is 3.13. The van der Waals surface area contributed by atoms with Gasteiger partial charge in [0.1, 0.15) is 17.1 Å². The van der Waals surface area contributed by atoms with Crippen LogP contribution < -0.4 is 4.90 Å². The van der Waals surface area contributed by atoms with Gasteiger partial charge < -0.3 is 14.1 Å². The molecule has 23 heavy (non-hydrogen) atoms. The van der Waals surface area contributed by atoms with E-state index in [9.17, 15) is 9.59 Å². The summed E-state index contributed by atoms with van der Waals surface area (Å²) in [6.45, 7) is 3.85. The maximum absolute atomic E-state index is 12.4. The predicted molar refractivity (Wildman–Crippen MR) is 85.6 cm³/mol. The SMILES string of the molecule is Cc1cc(C(=O)OCC(=O)N2CCCc3ccccc32)c(C)o1. The molecule has 0 N–H and O–H groups in total. The second-order valence-corrected chi connectivity index (χ2v) is 5.68. The monoisotopic (exact) mass is 313 g/mol. The number of fused-ring (bicyclic) bond motifs is 1. The summed E-state index contributed by atoms with van der Waals surface area (Å²) >= 11 is 0. The molecule has 2 heterocycles. The van der Waals surface area contributed by atoms with Crippen molar-refractivity contribution in [3.8, 4) is 0 Å². The number of esters is 1. The van der Waals surface area contributed by atoms with Crippen molar-refractivity contribution in [2.45, 2.75) is 26.7 Å². The molecule has 120 valence electrons. The Labute approximate surface area is 134 Å². The van der Waals surface area contributed by atoms with E-state index in [1.165, 1.54) is 0 Å². The van der Waals surface area contributed by atoms with Crippen molar-refractivity contribution in [2.24, 2.45) is 0 Å². The number of carbonyl (C=O) groups excluding carboxylic acids is 2. The Balaban J connectivity index is 1.66. The lowest BCUT2D eigenvalue weighted by Crippen LogP contribution is -2.38. The summed E-state index contributed by atoms with van der Waals surface area (Å²) in [4.78, 5) is 26.2. The van der Waals surface area contributed by atoms with E-state index in [0.717, 1.165) is 24.1 Å². The number of hydrogen-bond acceptors (Lipinski definition) is 4. The lowest BCUT2D eigenvalue weighted by molar-refractivity contribution is -0.121. The molecular weight excluding hydrogens is 294 g/mol. The lowest BCUT2D eigenvalue weighted by atomic mass is 10.0. The van der Waals surface area contributed by atoms with Crippen LogP contribution in [0.5, 0.6) is 0 Å². The lowest BCUT2D eigenvalue weighted by Gasteiger charge is -2.29.